The quantitative estimate of drug-likeness (QED) is 0.647. The summed E-state index contributed by atoms with van der Waals surface area (Å²) in [7, 11) is 0. The maximum Gasteiger partial charge on any atom is 0.0103 e. The zero-order chi connectivity index (χ0) is 8.81. The molecule has 0 aromatic heterocycles. The van der Waals surface area contributed by atoms with Crippen molar-refractivity contribution in [2.24, 2.45) is 0 Å². The topological polar surface area (TPSA) is 3.24 Å². The second-order valence-corrected chi connectivity index (χ2v) is 4.15. The first-order valence-electron chi connectivity index (χ1n) is 5.23. The summed E-state index contributed by atoms with van der Waals surface area (Å²) in [5.41, 5.74) is 0. The van der Waals surface area contributed by atoms with Gasteiger partial charge in [0.25, 0.3) is 0 Å². The molecule has 12 heavy (non-hydrogen) atoms. The van der Waals surface area contributed by atoms with Crippen LogP contribution in [0.4, 0.5) is 0 Å². The summed E-state index contributed by atoms with van der Waals surface area (Å²) >= 11 is 4.32. The Morgan fingerprint density at radius 2 is 1.92 bits per heavy atom. The molecule has 0 aromatic rings. The standard InChI is InChI=1S/C10H21NS/c1-2-5-10(6-9-12)11-7-3-4-8-11/h10,12H,2-9H2,1H3. The number of hydrogen-bond acceptors (Lipinski definition) is 2. The summed E-state index contributed by atoms with van der Waals surface area (Å²) in [5.74, 6) is 1.04. The van der Waals surface area contributed by atoms with Crippen LogP contribution in [0.15, 0.2) is 0 Å². The number of likely N-dealkylation sites (tertiary alicyclic amines) is 1. The number of hydrogen-bond donors (Lipinski definition) is 1. The first-order chi connectivity index (χ1) is 5.88. The van der Waals surface area contributed by atoms with E-state index in [1.807, 2.05) is 0 Å². The van der Waals surface area contributed by atoms with Crippen molar-refractivity contribution in [1.29, 1.82) is 0 Å². The van der Waals surface area contributed by atoms with Crippen LogP contribution in [0.3, 0.4) is 0 Å². The number of thiol groups is 1. The monoisotopic (exact) mass is 187 g/mol. The van der Waals surface area contributed by atoms with Crippen LogP contribution in [0.2, 0.25) is 0 Å². The lowest BCUT2D eigenvalue weighted by atomic mass is 10.1. The molecule has 0 spiro atoms. The fraction of sp³-hybridized carbons (Fsp3) is 1.00. The molecule has 0 bridgehead atoms. The van der Waals surface area contributed by atoms with Crippen LogP contribution >= 0.6 is 12.6 Å². The Kier molecular flexibility index (Phi) is 5.08. The van der Waals surface area contributed by atoms with Gasteiger partial charge in [0.2, 0.25) is 0 Å². The van der Waals surface area contributed by atoms with Crippen LogP contribution in [-0.4, -0.2) is 29.8 Å². The molecule has 0 amide bonds. The molecule has 0 N–H and O–H groups in total. The number of rotatable bonds is 5. The highest BCUT2D eigenvalue weighted by Gasteiger charge is 2.19. The molecule has 1 rings (SSSR count). The molecule has 1 nitrogen and oxygen atoms in total. The van der Waals surface area contributed by atoms with Crippen LogP contribution in [0.25, 0.3) is 0 Å². The SMILES string of the molecule is CCCC(CCS)N1CCCC1. The predicted molar refractivity (Wildman–Crippen MR) is 58.0 cm³/mol. The van der Waals surface area contributed by atoms with Gasteiger partial charge < -0.3 is 4.90 Å². The molecule has 1 saturated heterocycles. The molecule has 1 unspecified atom stereocenters. The second-order valence-electron chi connectivity index (χ2n) is 3.70. The molecule has 1 aliphatic rings. The molecule has 0 aliphatic carbocycles. The summed E-state index contributed by atoms with van der Waals surface area (Å²) in [6.07, 6.45) is 6.77. The van der Waals surface area contributed by atoms with Gasteiger partial charge in [-0.15, -0.1) is 0 Å². The summed E-state index contributed by atoms with van der Waals surface area (Å²) in [4.78, 5) is 2.65. The average molecular weight is 187 g/mol. The highest BCUT2D eigenvalue weighted by atomic mass is 32.1. The smallest absolute Gasteiger partial charge is 0.0103 e. The maximum atomic E-state index is 4.32. The van der Waals surface area contributed by atoms with Crippen molar-refractivity contribution in [2.45, 2.75) is 45.1 Å². The Hall–Kier alpha value is 0.310. The van der Waals surface area contributed by atoms with Crippen LogP contribution in [-0.2, 0) is 0 Å². The first kappa shape index (κ1) is 10.4. The molecule has 1 atom stereocenters. The van der Waals surface area contributed by atoms with Gasteiger partial charge in [-0.3, -0.25) is 0 Å². The Bertz CT molecular complexity index is 104. The Morgan fingerprint density at radius 1 is 1.25 bits per heavy atom. The lowest BCUT2D eigenvalue weighted by molar-refractivity contribution is 0.224. The van der Waals surface area contributed by atoms with E-state index in [1.165, 1.54) is 45.2 Å². The van der Waals surface area contributed by atoms with Crippen molar-refractivity contribution >= 4 is 12.6 Å². The fourth-order valence-electron chi connectivity index (χ4n) is 2.10. The van der Waals surface area contributed by atoms with E-state index in [1.54, 1.807) is 0 Å². The minimum Gasteiger partial charge on any atom is -0.300 e. The zero-order valence-electron chi connectivity index (χ0n) is 8.13. The van der Waals surface area contributed by atoms with E-state index >= 15 is 0 Å². The van der Waals surface area contributed by atoms with E-state index in [0.717, 1.165) is 11.8 Å². The van der Waals surface area contributed by atoms with E-state index in [0.29, 0.717) is 0 Å². The van der Waals surface area contributed by atoms with E-state index in [-0.39, 0.29) is 0 Å². The van der Waals surface area contributed by atoms with Crippen molar-refractivity contribution in [3.8, 4) is 0 Å². The van der Waals surface area contributed by atoms with Gasteiger partial charge in [0, 0.05) is 6.04 Å². The van der Waals surface area contributed by atoms with E-state index in [9.17, 15) is 0 Å². The van der Waals surface area contributed by atoms with Crippen molar-refractivity contribution in [2.75, 3.05) is 18.8 Å². The van der Waals surface area contributed by atoms with Gasteiger partial charge in [-0.25, -0.2) is 0 Å². The molecule has 1 heterocycles. The first-order valence-corrected chi connectivity index (χ1v) is 5.86. The van der Waals surface area contributed by atoms with Crippen LogP contribution in [0, 0.1) is 0 Å². The Balaban J connectivity index is 2.29. The molecule has 2 heteroatoms. The van der Waals surface area contributed by atoms with Gasteiger partial charge in [0.05, 0.1) is 0 Å². The summed E-state index contributed by atoms with van der Waals surface area (Å²) < 4.78 is 0. The van der Waals surface area contributed by atoms with Gasteiger partial charge >= 0.3 is 0 Å². The maximum absolute atomic E-state index is 4.32. The van der Waals surface area contributed by atoms with Gasteiger partial charge in [0.15, 0.2) is 0 Å². The molecule has 1 aliphatic heterocycles. The second kappa shape index (κ2) is 5.87. The van der Waals surface area contributed by atoms with Crippen molar-refractivity contribution in [3.63, 3.8) is 0 Å². The number of nitrogens with zero attached hydrogens (tertiary/aromatic N) is 1. The van der Waals surface area contributed by atoms with Gasteiger partial charge in [-0.1, -0.05) is 13.3 Å². The Morgan fingerprint density at radius 3 is 2.42 bits per heavy atom. The average Bonchev–Trinajstić information content (AvgIpc) is 2.56. The lowest BCUT2D eigenvalue weighted by Crippen LogP contribution is -2.32. The minimum absolute atomic E-state index is 0.829. The Labute approximate surface area is 81.9 Å². The largest absolute Gasteiger partial charge is 0.300 e. The molecule has 0 saturated carbocycles. The molecule has 1 fully saturated rings. The summed E-state index contributed by atoms with van der Waals surface area (Å²) in [6.45, 7) is 4.94. The van der Waals surface area contributed by atoms with Crippen molar-refractivity contribution < 1.29 is 0 Å². The third-order valence-electron chi connectivity index (χ3n) is 2.74. The minimum atomic E-state index is 0.829. The van der Waals surface area contributed by atoms with Crippen LogP contribution in [0.5, 0.6) is 0 Å². The lowest BCUT2D eigenvalue weighted by Gasteiger charge is -2.26. The van der Waals surface area contributed by atoms with Gasteiger partial charge in [0.1, 0.15) is 0 Å². The van der Waals surface area contributed by atoms with Crippen LogP contribution < -0.4 is 0 Å². The third kappa shape index (κ3) is 2.98. The van der Waals surface area contributed by atoms with Crippen molar-refractivity contribution in [1.82, 2.24) is 4.90 Å². The van der Waals surface area contributed by atoms with E-state index in [4.69, 9.17) is 0 Å². The molecular formula is C10H21NS. The van der Waals surface area contributed by atoms with Crippen LogP contribution in [0.1, 0.15) is 39.0 Å². The van der Waals surface area contributed by atoms with E-state index < -0.39 is 0 Å². The fourth-order valence-corrected chi connectivity index (χ4v) is 2.40. The van der Waals surface area contributed by atoms with Gasteiger partial charge in [-0.2, -0.15) is 12.6 Å². The predicted octanol–water partition coefficient (Wildman–Crippen LogP) is 2.57. The zero-order valence-corrected chi connectivity index (χ0v) is 9.02. The molecule has 72 valence electrons. The molecule has 0 aromatic carbocycles. The normalized spacial score (nSPS) is 21.5. The van der Waals surface area contributed by atoms with E-state index in [2.05, 4.69) is 24.5 Å². The summed E-state index contributed by atoms with van der Waals surface area (Å²) in [6, 6.07) is 0.829. The van der Waals surface area contributed by atoms with Crippen molar-refractivity contribution in [3.05, 3.63) is 0 Å². The van der Waals surface area contributed by atoms with Gasteiger partial charge in [-0.05, 0) is 44.5 Å². The highest BCUT2D eigenvalue weighted by molar-refractivity contribution is 7.80. The molecular weight excluding hydrogens is 166 g/mol. The summed E-state index contributed by atoms with van der Waals surface area (Å²) in [5, 5.41) is 0. The molecule has 0 radical (unpaired) electrons. The highest BCUT2D eigenvalue weighted by Crippen LogP contribution is 2.18. The third-order valence-corrected chi connectivity index (χ3v) is 3.00.